The van der Waals surface area contributed by atoms with Crippen molar-refractivity contribution >= 4 is 35.7 Å². The van der Waals surface area contributed by atoms with Crippen LogP contribution in [-0.4, -0.2) is 64.0 Å². The van der Waals surface area contributed by atoms with Gasteiger partial charge in [-0.3, -0.25) is 18.9 Å². The molecule has 6 atom stereocenters. The van der Waals surface area contributed by atoms with Gasteiger partial charge in [0.05, 0.1) is 2.74 Å². The number of hydrogen-bond donors (Lipinski definition) is 7. The van der Waals surface area contributed by atoms with Crippen LogP contribution in [0.1, 0.15) is 14.5 Å². The number of rotatable bonds is 8. The average molecular weight is 544 g/mol. The Kier molecular flexibility index (Phi) is 6.95. The molecule has 2 unspecified atom stereocenters. The number of halogens is 1. The first-order valence-corrected chi connectivity index (χ1v) is 12.5. The molecular formula is C11H14FN2O14P3S. The van der Waals surface area contributed by atoms with E-state index in [0.29, 0.717) is 4.57 Å². The summed E-state index contributed by atoms with van der Waals surface area (Å²) in [6.45, 7) is -4.28. The Balaban J connectivity index is 2.39. The molecule has 0 radical (unpaired) electrons. The molecule has 16 nitrogen and oxygen atoms in total. The quantitative estimate of drug-likeness (QED) is 0.120. The van der Waals surface area contributed by atoms with E-state index in [9.17, 15) is 33.6 Å². The van der Waals surface area contributed by atoms with Gasteiger partial charge in [0.1, 0.15) is 24.3 Å². The van der Waals surface area contributed by atoms with E-state index in [-0.39, 0.29) is 0 Å². The van der Waals surface area contributed by atoms with Crippen LogP contribution in [0.15, 0.2) is 11.0 Å². The number of phosphoric acid groups is 3. The second kappa shape index (κ2) is 9.26. The minimum atomic E-state index is -6.25. The van der Waals surface area contributed by atoms with Crippen LogP contribution in [0.25, 0.3) is 0 Å². The van der Waals surface area contributed by atoms with Crippen LogP contribution in [0, 0.1) is 17.1 Å². The molecule has 1 aliphatic heterocycles. The molecule has 21 heteroatoms. The Labute approximate surface area is 184 Å². The summed E-state index contributed by atoms with van der Waals surface area (Å²) in [4.78, 5) is 49.3. The third-order valence-electron chi connectivity index (χ3n) is 3.40. The van der Waals surface area contributed by atoms with E-state index in [0.717, 1.165) is 6.20 Å². The molecule has 0 saturated carbocycles. The zero-order valence-corrected chi connectivity index (χ0v) is 18.4. The molecule has 7 N–H and O–H groups in total. The lowest BCUT2D eigenvalue weighted by Gasteiger charge is -2.24. The number of ether oxygens (including phenoxy) is 1. The number of H-pyrrole nitrogens is 1. The molecule has 1 fully saturated rings. The second-order valence-electron chi connectivity index (χ2n) is 5.73. The molecule has 180 valence electrons. The van der Waals surface area contributed by atoms with Gasteiger partial charge in [0.25, 0.3) is 11.4 Å². The lowest BCUT2D eigenvalue weighted by Crippen LogP contribution is -2.42. The van der Waals surface area contributed by atoms with Crippen LogP contribution in [0.5, 0.6) is 0 Å². The van der Waals surface area contributed by atoms with E-state index in [1.54, 1.807) is 0 Å². The largest absolute Gasteiger partial charge is 0.490 e. The first kappa shape index (κ1) is 24.0. The Hall–Kier alpha value is -1.12. The lowest BCUT2D eigenvalue weighted by atomic mass is 10.1. The zero-order chi connectivity index (χ0) is 26.5. The summed E-state index contributed by atoms with van der Waals surface area (Å²) < 4.78 is 79.8. The molecule has 1 saturated heterocycles. The molecular weight excluding hydrogens is 528 g/mol. The summed E-state index contributed by atoms with van der Waals surface area (Å²) in [6.07, 6.45) is -1.50. The van der Waals surface area contributed by atoms with Crippen molar-refractivity contribution in [2.45, 2.75) is 24.3 Å². The van der Waals surface area contributed by atoms with Crippen LogP contribution in [0.2, 0.25) is 0 Å². The lowest BCUT2D eigenvalue weighted by molar-refractivity contribution is -0.204. The second-order valence-corrected chi connectivity index (χ2v) is 10.5. The number of aliphatic hydroxyl groups excluding tert-OH is 2. The van der Waals surface area contributed by atoms with Crippen molar-refractivity contribution in [1.82, 2.24) is 9.55 Å². The number of aliphatic hydroxyl groups is 2. The minimum absolute atomic E-state index is 0.411. The average Bonchev–Trinajstić information content (AvgIpc) is 2.83. The SMILES string of the molecule is [2H]C([2H])(OP(=O)(O)OP(=O)(O)OP(=O)(O)O)[C@@]1(F)O[C@@H](n2cc(C#C)c(=O)[nH]c2=S)[C@H](O)[C@@H]1O. The first-order chi connectivity index (χ1) is 15.1. The maximum Gasteiger partial charge on any atom is 0.490 e. The van der Waals surface area contributed by atoms with Gasteiger partial charge in [-0.15, -0.1) is 6.42 Å². The zero-order valence-electron chi connectivity index (χ0n) is 16.9. The third kappa shape index (κ3) is 6.48. The predicted molar refractivity (Wildman–Crippen MR) is 99.6 cm³/mol. The van der Waals surface area contributed by atoms with Gasteiger partial charge in [-0.2, -0.15) is 8.62 Å². The van der Waals surface area contributed by atoms with Gasteiger partial charge < -0.3 is 34.5 Å². The maximum atomic E-state index is 15.4. The van der Waals surface area contributed by atoms with Crippen LogP contribution >= 0.6 is 35.7 Å². The number of aromatic nitrogens is 2. The molecule has 0 amide bonds. The van der Waals surface area contributed by atoms with Gasteiger partial charge in [0.15, 0.2) is 11.0 Å². The van der Waals surface area contributed by atoms with E-state index < -0.39 is 70.2 Å². The minimum Gasteiger partial charge on any atom is -0.385 e. The number of hydrogen-bond acceptors (Lipinski definition) is 11. The van der Waals surface area contributed by atoms with Crippen LogP contribution in [0.4, 0.5) is 4.39 Å². The van der Waals surface area contributed by atoms with Crippen molar-refractivity contribution in [2.75, 3.05) is 6.56 Å². The Morgan fingerprint density at radius 3 is 2.44 bits per heavy atom. The van der Waals surface area contributed by atoms with Crippen LogP contribution < -0.4 is 5.56 Å². The number of phosphoric ester groups is 1. The Morgan fingerprint density at radius 1 is 1.31 bits per heavy atom. The van der Waals surface area contributed by atoms with E-state index in [1.165, 1.54) is 0 Å². The molecule has 1 aliphatic rings. The van der Waals surface area contributed by atoms with Crippen molar-refractivity contribution in [2.24, 2.45) is 0 Å². The van der Waals surface area contributed by atoms with E-state index >= 15 is 4.39 Å². The van der Waals surface area contributed by atoms with Gasteiger partial charge in [0, 0.05) is 6.20 Å². The van der Waals surface area contributed by atoms with Gasteiger partial charge >= 0.3 is 23.5 Å². The van der Waals surface area contributed by atoms with Crippen molar-refractivity contribution in [3.05, 3.63) is 26.9 Å². The molecule has 0 aromatic carbocycles. The number of alkyl halides is 1. The highest BCUT2D eigenvalue weighted by Crippen LogP contribution is 2.66. The molecule has 0 bridgehead atoms. The molecule has 2 heterocycles. The molecule has 0 aliphatic carbocycles. The highest BCUT2D eigenvalue weighted by atomic mass is 32.1. The topological polar surface area (TPSA) is 247 Å². The summed E-state index contributed by atoms with van der Waals surface area (Å²) in [7, 11) is -18.1. The fourth-order valence-corrected chi connectivity index (χ4v) is 5.32. The number of nitrogens with one attached hydrogen (secondary N) is 1. The van der Waals surface area contributed by atoms with Gasteiger partial charge in [-0.05, 0) is 12.2 Å². The summed E-state index contributed by atoms with van der Waals surface area (Å²) in [5, 5.41) is 20.2. The maximum absolute atomic E-state index is 15.4. The van der Waals surface area contributed by atoms with Gasteiger partial charge in [-0.1, -0.05) is 5.92 Å². The fourth-order valence-electron chi connectivity index (χ4n) is 2.19. The fraction of sp³-hybridized carbons (Fsp3) is 0.455. The van der Waals surface area contributed by atoms with Crippen LogP contribution in [-0.2, 0) is 31.6 Å². The van der Waals surface area contributed by atoms with E-state index in [4.69, 9.17) is 36.1 Å². The van der Waals surface area contributed by atoms with Crippen molar-refractivity contribution < 1.29 is 68.5 Å². The summed E-state index contributed by atoms with van der Waals surface area (Å²) in [6, 6.07) is 0. The Bertz CT molecular complexity index is 1280. The molecule has 1 aromatic rings. The number of aromatic amines is 1. The monoisotopic (exact) mass is 544 g/mol. The normalized spacial score (nSPS) is 31.1. The van der Waals surface area contributed by atoms with Gasteiger partial charge in [-0.25, -0.2) is 18.1 Å². The van der Waals surface area contributed by atoms with E-state index in [1.807, 2.05) is 10.9 Å². The summed E-state index contributed by atoms with van der Waals surface area (Å²) >= 11 is 4.81. The number of terminal acetylenes is 1. The molecule has 0 spiro atoms. The number of nitrogens with zero attached hydrogens (tertiary/aromatic N) is 1. The summed E-state index contributed by atoms with van der Waals surface area (Å²) in [5.74, 6) is -2.31. The predicted octanol–water partition coefficient (Wildman–Crippen LogP) is -0.853. The smallest absolute Gasteiger partial charge is 0.385 e. The van der Waals surface area contributed by atoms with Gasteiger partial charge in [0.2, 0.25) is 0 Å². The standard InChI is InChI=1S/C11H14FN2O14P3S/c1-2-5-3-14(10(32)13-8(5)17)9-6(15)7(16)11(12,26-9)4-25-30(21,22)28-31(23,24)27-29(18,19)20/h1,3,6-7,9,15-16H,4H2,(H,21,22)(H,23,24)(H,13,17,32)(H2,18,19,20)/t6-,7+,9-,11-/m1/s1/i4D2. The third-order valence-corrected chi connectivity index (χ3v) is 7.36. The molecule has 2 rings (SSSR count). The van der Waals surface area contributed by atoms with Crippen LogP contribution in [0.3, 0.4) is 0 Å². The molecule has 32 heavy (non-hydrogen) atoms. The summed E-state index contributed by atoms with van der Waals surface area (Å²) in [5.41, 5.74) is -1.28. The van der Waals surface area contributed by atoms with Crippen molar-refractivity contribution in [3.63, 3.8) is 0 Å². The van der Waals surface area contributed by atoms with Crippen molar-refractivity contribution in [1.29, 1.82) is 0 Å². The highest BCUT2D eigenvalue weighted by molar-refractivity contribution is 7.71. The Morgan fingerprint density at radius 2 is 1.91 bits per heavy atom. The first-order valence-electron chi connectivity index (χ1n) is 8.54. The molecule has 1 aromatic heterocycles. The highest BCUT2D eigenvalue weighted by Gasteiger charge is 2.57. The van der Waals surface area contributed by atoms with E-state index in [2.05, 4.69) is 17.9 Å². The van der Waals surface area contributed by atoms with Crippen molar-refractivity contribution in [3.8, 4) is 12.3 Å².